The minimum atomic E-state index is -0.538. The van der Waals surface area contributed by atoms with E-state index in [0.717, 1.165) is 11.4 Å². The van der Waals surface area contributed by atoms with Crippen LogP contribution in [-0.2, 0) is 9.59 Å². The number of aromatic hydroxyl groups is 1. The molecule has 0 atom stereocenters. The molecule has 7 nitrogen and oxygen atoms in total. The van der Waals surface area contributed by atoms with Crippen molar-refractivity contribution >= 4 is 22.9 Å². The van der Waals surface area contributed by atoms with Gasteiger partial charge in [0.05, 0.1) is 10.6 Å². The Balaban J connectivity index is 1.77. The van der Waals surface area contributed by atoms with E-state index in [1.807, 2.05) is 11.0 Å². The first-order chi connectivity index (χ1) is 15.5. The van der Waals surface area contributed by atoms with E-state index < -0.39 is 10.8 Å². The first kappa shape index (κ1) is 20.2. The molecule has 2 aliphatic carbocycles. The summed E-state index contributed by atoms with van der Waals surface area (Å²) < 4.78 is 0. The van der Waals surface area contributed by atoms with Crippen LogP contribution in [0.3, 0.4) is 0 Å². The molecule has 2 aromatic carbocycles. The summed E-state index contributed by atoms with van der Waals surface area (Å²) in [6.45, 7) is 0. The second-order valence-electron chi connectivity index (χ2n) is 8.38. The molecule has 0 saturated carbocycles. The van der Waals surface area contributed by atoms with Crippen LogP contribution in [0, 0.1) is 10.1 Å². The zero-order chi connectivity index (χ0) is 22.4. The molecule has 2 aromatic rings. The van der Waals surface area contributed by atoms with Gasteiger partial charge in [-0.1, -0.05) is 24.3 Å². The predicted octanol–water partition coefficient (Wildman–Crippen LogP) is 4.92. The van der Waals surface area contributed by atoms with Gasteiger partial charge in [0.2, 0.25) is 0 Å². The summed E-state index contributed by atoms with van der Waals surface area (Å²) in [5.74, 6) is -0.473. The second kappa shape index (κ2) is 7.75. The number of ketones is 2. The highest BCUT2D eigenvalue weighted by Gasteiger charge is 2.44. The maximum atomic E-state index is 13.2. The van der Waals surface area contributed by atoms with Crippen molar-refractivity contribution in [3.63, 3.8) is 0 Å². The highest BCUT2D eigenvalue weighted by atomic mass is 16.6. The van der Waals surface area contributed by atoms with Crippen molar-refractivity contribution < 1.29 is 19.6 Å². The summed E-state index contributed by atoms with van der Waals surface area (Å²) in [6, 6.07) is 13.1. The molecule has 0 amide bonds. The molecule has 1 aliphatic heterocycles. The van der Waals surface area contributed by atoms with Gasteiger partial charge in [0.25, 0.3) is 5.69 Å². The van der Waals surface area contributed by atoms with Crippen LogP contribution >= 0.6 is 0 Å². The first-order valence-corrected chi connectivity index (χ1v) is 10.8. The molecule has 5 rings (SSSR count). The van der Waals surface area contributed by atoms with Crippen LogP contribution in [0.25, 0.3) is 0 Å². The summed E-state index contributed by atoms with van der Waals surface area (Å²) in [4.78, 5) is 39.1. The zero-order valence-corrected chi connectivity index (χ0v) is 17.4. The lowest BCUT2D eigenvalue weighted by molar-refractivity contribution is -0.384. The number of Topliss-reactive ketones (excluding diaryl/α,β-unsaturated/α-hetero) is 2. The van der Waals surface area contributed by atoms with E-state index >= 15 is 0 Å². The highest BCUT2D eigenvalue weighted by Crippen LogP contribution is 2.51. The maximum Gasteiger partial charge on any atom is 0.269 e. The quantitative estimate of drug-likeness (QED) is 0.548. The Morgan fingerprint density at radius 1 is 0.844 bits per heavy atom. The van der Waals surface area contributed by atoms with Gasteiger partial charge in [-0.3, -0.25) is 19.7 Å². The lowest BCUT2D eigenvalue weighted by Crippen LogP contribution is -2.39. The first-order valence-electron chi connectivity index (χ1n) is 10.8. The number of nitrogens with zero attached hydrogens (tertiary/aromatic N) is 2. The van der Waals surface area contributed by atoms with Crippen LogP contribution in [0.5, 0.6) is 5.75 Å². The van der Waals surface area contributed by atoms with Gasteiger partial charge in [-0.05, 0) is 43.4 Å². The van der Waals surface area contributed by atoms with E-state index in [4.69, 9.17) is 0 Å². The summed E-state index contributed by atoms with van der Waals surface area (Å²) in [5.41, 5.74) is 4.02. The van der Waals surface area contributed by atoms with Crippen LogP contribution in [0.1, 0.15) is 50.0 Å². The molecular weight excluding hydrogens is 408 g/mol. The average molecular weight is 430 g/mol. The Hall–Kier alpha value is -3.74. The Labute approximate surface area is 184 Å². The molecule has 162 valence electrons. The molecule has 0 radical (unpaired) electrons. The van der Waals surface area contributed by atoms with Crippen molar-refractivity contribution in [1.29, 1.82) is 0 Å². The van der Waals surface area contributed by atoms with Crippen molar-refractivity contribution in [3.8, 4) is 5.75 Å². The van der Waals surface area contributed by atoms with Crippen molar-refractivity contribution in [2.45, 2.75) is 44.4 Å². The van der Waals surface area contributed by atoms with Crippen LogP contribution in [-0.4, -0.2) is 21.6 Å². The minimum Gasteiger partial charge on any atom is -0.506 e. The molecule has 32 heavy (non-hydrogen) atoms. The Morgan fingerprint density at radius 3 is 1.94 bits per heavy atom. The van der Waals surface area contributed by atoms with Gasteiger partial charge in [-0.2, -0.15) is 0 Å². The number of rotatable bonds is 3. The largest absolute Gasteiger partial charge is 0.506 e. The van der Waals surface area contributed by atoms with E-state index in [9.17, 15) is 24.8 Å². The van der Waals surface area contributed by atoms with E-state index in [0.29, 0.717) is 60.9 Å². The lowest BCUT2D eigenvalue weighted by atomic mass is 9.71. The standard InChI is InChI=1S/C25H22N2O5/c28-20-8-2-1-5-17(20)26-18-6-3-9-21(29)24(18)23(25-19(26)7-4-10-22(25)30)15-11-13-16(14-12-15)27(31)32/h1-2,5,8,11-14,23,28H,3-4,6-7,9-10H2. The Kier molecular flexibility index (Phi) is 4.89. The predicted molar refractivity (Wildman–Crippen MR) is 118 cm³/mol. The van der Waals surface area contributed by atoms with E-state index in [2.05, 4.69) is 0 Å². The molecule has 3 aliphatic rings. The molecule has 1 N–H and O–H groups in total. The molecular formula is C25H22N2O5. The summed E-state index contributed by atoms with van der Waals surface area (Å²) in [7, 11) is 0. The lowest BCUT2D eigenvalue weighted by Gasteiger charge is -2.44. The van der Waals surface area contributed by atoms with Gasteiger partial charge in [-0.25, -0.2) is 0 Å². The van der Waals surface area contributed by atoms with Crippen LogP contribution in [0.4, 0.5) is 11.4 Å². The summed E-state index contributed by atoms with van der Waals surface area (Å²) >= 11 is 0. The third kappa shape index (κ3) is 3.12. The fraction of sp³-hybridized carbons (Fsp3) is 0.280. The van der Waals surface area contributed by atoms with Crippen LogP contribution in [0.15, 0.2) is 71.1 Å². The summed E-state index contributed by atoms with van der Waals surface area (Å²) in [5, 5.41) is 21.7. The second-order valence-corrected chi connectivity index (χ2v) is 8.38. The van der Waals surface area contributed by atoms with Crippen molar-refractivity contribution in [2.24, 2.45) is 0 Å². The third-order valence-corrected chi connectivity index (χ3v) is 6.53. The number of nitro groups is 1. The monoisotopic (exact) mass is 430 g/mol. The minimum absolute atomic E-state index is 0.0139. The van der Waals surface area contributed by atoms with Gasteiger partial charge < -0.3 is 10.0 Å². The fourth-order valence-electron chi connectivity index (χ4n) is 5.19. The Bertz CT molecular complexity index is 1170. The normalized spacial score (nSPS) is 19.2. The van der Waals surface area contributed by atoms with Gasteiger partial charge in [-0.15, -0.1) is 0 Å². The Morgan fingerprint density at radius 2 is 1.41 bits per heavy atom. The number of phenols is 1. The number of phenolic OH excluding ortho intramolecular Hbond substituents is 1. The van der Waals surface area contributed by atoms with Gasteiger partial charge in [0, 0.05) is 53.4 Å². The maximum absolute atomic E-state index is 13.2. The third-order valence-electron chi connectivity index (χ3n) is 6.53. The molecule has 1 heterocycles. The number of non-ortho nitro benzene ring substituents is 1. The molecule has 0 aromatic heterocycles. The number of carbonyl (C=O) groups excluding carboxylic acids is 2. The molecule has 0 fully saturated rings. The number of benzene rings is 2. The smallest absolute Gasteiger partial charge is 0.269 e. The van der Waals surface area contributed by atoms with E-state index in [1.54, 1.807) is 30.3 Å². The van der Waals surface area contributed by atoms with Gasteiger partial charge in [0.15, 0.2) is 11.6 Å². The molecule has 0 saturated heterocycles. The molecule has 0 spiro atoms. The average Bonchev–Trinajstić information content (AvgIpc) is 2.79. The number of nitro benzene ring substituents is 1. The molecule has 0 unspecified atom stereocenters. The number of para-hydroxylation sites is 2. The SMILES string of the molecule is O=C1CCCC2=C1C(c1ccc([N+](=O)[O-])cc1)C1=C(CCCC1=O)N2c1ccccc1O. The molecule has 0 bridgehead atoms. The zero-order valence-electron chi connectivity index (χ0n) is 17.4. The number of hydrogen-bond donors (Lipinski definition) is 1. The number of carbonyl (C=O) groups is 2. The van der Waals surface area contributed by atoms with Crippen LogP contribution in [0.2, 0.25) is 0 Å². The highest BCUT2D eigenvalue weighted by molar-refractivity contribution is 6.08. The topological polar surface area (TPSA) is 101 Å². The number of hydrogen-bond acceptors (Lipinski definition) is 6. The van der Waals surface area contributed by atoms with Crippen molar-refractivity contribution in [2.75, 3.05) is 4.90 Å². The van der Waals surface area contributed by atoms with Crippen molar-refractivity contribution in [3.05, 3.63) is 86.7 Å². The number of allylic oxidation sites excluding steroid dienone is 4. The fourth-order valence-corrected chi connectivity index (χ4v) is 5.19. The van der Waals surface area contributed by atoms with Crippen LogP contribution < -0.4 is 4.90 Å². The van der Waals surface area contributed by atoms with E-state index in [-0.39, 0.29) is 23.0 Å². The number of anilines is 1. The van der Waals surface area contributed by atoms with Gasteiger partial charge in [0.1, 0.15) is 5.75 Å². The summed E-state index contributed by atoms with van der Waals surface area (Å²) in [6.07, 6.45) is 3.51. The van der Waals surface area contributed by atoms with Gasteiger partial charge >= 0.3 is 0 Å². The van der Waals surface area contributed by atoms with E-state index in [1.165, 1.54) is 12.1 Å². The molecule has 7 heteroatoms. The van der Waals surface area contributed by atoms with Crippen molar-refractivity contribution in [1.82, 2.24) is 0 Å².